The van der Waals surface area contributed by atoms with E-state index < -0.39 is 11.9 Å². The highest BCUT2D eigenvalue weighted by molar-refractivity contribution is 5.89. The summed E-state index contributed by atoms with van der Waals surface area (Å²) >= 11 is 0. The summed E-state index contributed by atoms with van der Waals surface area (Å²) in [7, 11) is 0. The first-order chi connectivity index (χ1) is 6.13. The largest absolute Gasteiger partial charge is 0.478 e. The fourth-order valence-corrected chi connectivity index (χ4v) is 0.279. The summed E-state index contributed by atoms with van der Waals surface area (Å²) in [5.41, 5.74) is 0. The second kappa shape index (κ2) is 6.53. The number of carboxylic acid groups (broad SMARTS) is 2. The van der Waals surface area contributed by atoms with Gasteiger partial charge in [-0.05, 0) is 0 Å². The van der Waals surface area contributed by atoms with Crippen molar-refractivity contribution in [1.82, 2.24) is 10.4 Å². The van der Waals surface area contributed by atoms with Gasteiger partial charge in [0.05, 0.1) is 6.20 Å². The summed E-state index contributed by atoms with van der Waals surface area (Å²) in [4.78, 5) is 19.1. The van der Waals surface area contributed by atoms with Crippen LogP contribution in [0.1, 0.15) is 0 Å². The minimum atomic E-state index is -1.26. The fraction of sp³-hybridized carbons (Fsp3) is 0. The molecule has 7 heteroatoms. The molecule has 0 saturated heterocycles. The molecule has 1 aromatic heterocycles. The zero-order valence-electron chi connectivity index (χ0n) is 6.32. The van der Waals surface area contributed by atoms with E-state index in [9.17, 15) is 9.59 Å². The van der Waals surface area contributed by atoms with Crippen molar-refractivity contribution in [3.8, 4) is 0 Å². The molecule has 0 saturated carbocycles. The van der Waals surface area contributed by atoms with Crippen LogP contribution < -0.4 is 0 Å². The zero-order chi connectivity index (χ0) is 10.1. The highest BCUT2D eigenvalue weighted by atomic mass is 16.5. The summed E-state index contributed by atoms with van der Waals surface area (Å²) in [5.74, 6) is -2.51. The SMILES string of the molecule is O=C(O)/C=C/C(=O)O.c1conn1. The summed E-state index contributed by atoms with van der Waals surface area (Å²) < 4.78 is 4.22. The Labute approximate surface area is 72.3 Å². The maximum absolute atomic E-state index is 9.55. The molecule has 0 aliphatic rings. The molecule has 0 unspecified atom stereocenters. The van der Waals surface area contributed by atoms with Crippen LogP contribution >= 0.6 is 0 Å². The molecule has 13 heavy (non-hydrogen) atoms. The van der Waals surface area contributed by atoms with Crippen molar-refractivity contribution in [2.75, 3.05) is 0 Å². The minimum absolute atomic E-state index is 0.558. The Balaban J connectivity index is 0.000000243. The Hall–Kier alpha value is -2.18. The van der Waals surface area contributed by atoms with Crippen LogP contribution in [0.5, 0.6) is 0 Å². The third-order valence-electron chi connectivity index (χ3n) is 0.651. The first-order valence-electron chi connectivity index (χ1n) is 2.98. The maximum Gasteiger partial charge on any atom is 0.328 e. The van der Waals surface area contributed by atoms with Crippen molar-refractivity contribution in [1.29, 1.82) is 0 Å². The molecule has 7 nitrogen and oxygen atoms in total. The Bertz CT molecular complexity index is 246. The lowest BCUT2D eigenvalue weighted by molar-refractivity contribution is -0.134. The molecule has 0 spiro atoms. The average Bonchev–Trinajstić information content (AvgIpc) is 2.57. The molecule has 0 fully saturated rings. The molecule has 2 N–H and O–H groups in total. The monoisotopic (exact) mass is 186 g/mol. The van der Waals surface area contributed by atoms with Crippen LogP contribution in [0.15, 0.2) is 29.1 Å². The number of hydrogen-bond donors (Lipinski definition) is 2. The van der Waals surface area contributed by atoms with E-state index in [0.717, 1.165) is 0 Å². The fourth-order valence-electron chi connectivity index (χ4n) is 0.279. The van der Waals surface area contributed by atoms with Crippen LogP contribution in [0.4, 0.5) is 0 Å². The van der Waals surface area contributed by atoms with Gasteiger partial charge in [-0.2, -0.15) is 0 Å². The third kappa shape index (κ3) is 9.82. The number of nitrogens with zero attached hydrogens (tertiary/aromatic N) is 2. The van der Waals surface area contributed by atoms with E-state index in [1.165, 1.54) is 12.5 Å². The lowest BCUT2D eigenvalue weighted by atomic mass is 10.5. The van der Waals surface area contributed by atoms with E-state index >= 15 is 0 Å². The van der Waals surface area contributed by atoms with Crippen molar-refractivity contribution in [3.63, 3.8) is 0 Å². The van der Waals surface area contributed by atoms with Crippen molar-refractivity contribution >= 4 is 11.9 Å². The number of aliphatic carboxylic acids is 2. The van der Waals surface area contributed by atoms with Crippen molar-refractivity contribution in [2.24, 2.45) is 0 Å². The molecular weight excluding hydrogens is 180 g/mol. The smallest absolute Gasteiger partial charge is 0.328 e. The van der Waals surface area contributed by atoms with E-state index in [0.29, 0.717) is 12.2 Å². The number of carbonyl (C=O) groups is 2. The quantitative estimate of drug-likeness (QED) is 0.613. The number of rotatable bonds is 2. The molecule has 0 aromatic carbocycles. The van der Waals surface area contributed by atoms with Gasteiger partial charge in [0, 0.05) is 17.4 Å². The lowest BCUT2D eigenvalue weighted by Crippen LogP contribution is -1.91. The Morgan fingerprint density at radius 3 is 1.92 bits per heavy atom. The maximum atomic E-state index is 9.55. The van der Waals surface area contributed by atoms with Gasteiger partial charge in [-0.1, -0.05) is 0 Å². The van der Waals surface area contributed by atoms with E-state index in [1.54, 1.807) is 0 Å². The normalized spacial score (nSPS) is 8.92. The van der Waals surface area contributed by atoms with Gasteiger partial charge < -0.3 is 14.7 Å². The number of carboxylic acids is 2. The second-order valence-electron chi connectivity index (χ2n) is 1.60. The predicted molar refractivity (Wildman–Crippen MR) is 38.7 cm³/mol. The highest BCUT2D eigenvalue weighted by Gasteiger charge is 1.88. The summed E-state index contributed by atoms with van der Waals surface area (Å²) in [6, 6.07) is 0. The molecular formula is C6H6N2O5. The van der Waals surface area contributed by atoms with Crippen molar-refractivity contribution in [3.05, 3.63) is 24.6 Å². The first-order valence-corrected chi connectivity index (χ1v) is 2.98. The van der Waals surface area contributed by atoms with Gasteiger partial charge in [-0.15, -0.1) is 5.10 Å². The van der Waals surface area contributed by atoms with Crippen LogP contribution in [-0.4, -0.2) is 32.5 Å². The van der Waals surface area contributed by atoms with Crippen LogP contribution in [0.25, 0.3) is 0 Å². The summed E-state index contributed by atoms with van der Waals surface area (Å²) in [6.45, 7) is 0. The summed E-state index contributed by atoms with van der Waals surface area (Å²) in [6.07, 6.45) is 3.99. The Kier molecular flexibility index (Phi) is 5.43. The highest BCUT2D eigenvalue weighted by Crippen LogP contribution is 1.70. The van der Waals surface area contributed by atoms with Crippen LogP contribution in [0.2, 0.25) is 0 Å². The topological polar surface area (TPSA) is 114 Å². The Morgan fingerprint density at radius 1 is 1.23 bits per heavy atom. The molecule has 1 aromatic rings. The minimum Gasteiger partial charge on any atom is -0.478 e. The molecule has 0 radical (unpaired) electrons. The van der Waals surface area contributed by atoms with Gasteiger partial charge >= 0.3 is 11.9 Å². The van der Waals surface area contributed by atoms with E-state index in [2.05, 4.69) is 14.9 Å². The molecule has 0 aliphatic carbocycles. The number of hydrogen-bond acceptors (Lipinski definition) is 5. The van der Waals surface area contributed by atoms with E-state index in [4.69, 9.17) is 10.2 Å². The molecule has 0 atom stereocenters. The molecule has 0 aliphatic heterocycles. The van der Waals surface area contributed by atoms with Gasteiger partial charge in [0.1, 0.15) is 6.26 Å². The standard InChI is InChI=1S/C4H4O4.C2H2N2O/c5-3(6)1-2-4(7)8;1-2-5-4-3-1/h1-2H,(H,5,6)(H,7,8);1-2H/b2-1+;. The first kappa shape index (κ1) is 10.8. The van der Waals surface area contributed by atoms with Gasteiger partial charge in [0.25, 0.3) is 0 Å². The average molecular weight is 186 g/mol. The third-order valence-corrected chi connectivity index (χ3v) is 0.651. The van der Waals surface area contributed by atoms with Crippen molar-refractivity contribution < 1.29 is 24.3 Å². The van der Waals surface area contributed by atoms with Crippen LogP contribution in [-0.2, 0) is 9.59 Å². The number of aromatic nitrogens is 2. The lowest BCUT2D eigenvalue weighted by Gasteiger charge is -1.74. The van der Waals surface area contributed by atoms with E-state index in [-0.39, 0.29) is 0 Å². The molecule has 70 valence electrons. The van der Waals surface area contributed by atoms with Gasteiger partial charge in [-0.25, -0.2) is 9.59 Å². The van der Waals surface area contributed by atoms with Gasteiger partial charge in [0.2, 0.25) is 0 Å². The van der Waals surface area contributed by atoms with Crippen LogP contribution in [0.3, 0.4) is 0 Å². The second-order valence-corrected chi connectivity index (χ2v) is 1.60. The Morgan fingerprint density at radius 2 is 1.77 bits per heavy atom. The van der Waals surface area contributed by atoms with Crippen LogP contribution in [0, 0.1) is 0 Å². The summed E-state index contributed by atoms with van der Waals surface area (Å²) in [5, 5.41) is 22.0. The molecule has 0 bridgehead atoms. The zero-order valence-corrected chi connectivity index (χ0v) is 6.32. The molecule has 0 amide bonds. The van der Waals surface area contributed by atoms with Crippen molar-refractivity contribution in [2.45, 2.75) is 0 Å². The predicted octanol–water partition coefficient (Wildman–Crippen LogP) is -0.219. The molecule has 1 heterocycles. The van der Waals surface area contributed by atoms with Gasteiger partial charge in [0.15, 0.2) is 0 Å². The molecule has 1 rings (SSSR count). The van der Waals surface area contributed by atoms with E-state index in [1.807, 2.05) is 0 Å². The van der Waals surface area contributed by atoms with Gasteiger partial charge in [-0.3, -0.25) is 0 Å².